The number of hydrogen-bond acceptors (Lipinski definition) is 2. The van der Waals surface area contributed by atoms with Crippen LogP contribution in [0.1, 0.15) is 18.1 Å². The molecular formula is C12H13ClO2. The monoisotopic (exact) mass is 224 g/mol. The molecule has 1 rings (SSSR count). The fourth-order valence-electron chi connectivity index (χ4n) is 1.17. The van der Waals surface area contributed by atoms with Gasteiger partial charge in [-0.05, 0) is 43.2 Å². The molecule has 0 aromatic heterocycles. The van der Waals surface area contributed by atoms with Crippen LogP contribution in [0.5, 0.6) is 0 Å². The topological polar surface area (TPSA) is 26.3 Å². The maximum absolute atomic E-state index is 11.1. The maximum Gasteiger partial charge on any atom is 0.330 e. The zero-order valence-electron chi connectivity index (χ0n) is 8.79. The van der Waals surface area contributed by atoms with Crippen molar-refractivity contribution < 1.29 is 9.53 Å². The van der Waals surface area contributed by atoms with Crippen molar-refractivity contribution in [2.24, 2.45) is 0 Å². The average molecular weight is 225 g/mol. The molecule has 0 fully saturated rings. The molecule has 0 aliphatic rings. The zero-order chi connectivity index (χ0) is 11.3. The smallest absolute Gasteiger partial charge is 0.330 e. The van der Waals surface area contributed by atoms with E-state index in [4.69, 9.17) is 16.3 Å². The van der Waals surface area contributed by atoms with Crippen molar-refractivity contribution in [3.05, 3.63) is 40.4 Å². The van der Waals surface area contributed by atoms with Crippen LogP contribution in [0.25, 0.3) is 6.08 Å². The van der Waals surface area contributed by atoms with Crippen LogP contribution in [-0.4, -0.2) is 12.6 Å². The average Bonchev–Trinajstić information content (AvgIpc) is 2.17. The molecule has 0 unspecified atom stereocenters. The minimum Gasteiger partial charge on any atom is -0.463 e. The second-order valence-corrected chi connectivity index (χ2v) is 3.52. The summed E-state index contributed by atoms with van der Waals surface area (Å²) >= 11 is 5.81. The predicted molar refractivity (Wildman–Crippen MR) is 61.9 cm³/mol. The summed E-state index contributed by atoms with van der Waals surface area (Å²) in [5.41, 5.74) is 2.00. The quantitative estimate of drug-likeness (QED) is 0.582. The molecule has 0 aliphatic heterocycles. The molecular weight excluding hydrogens is 212 g/mol. The lowest BCUT2D eigenvalue weighted by Crippen LogP contribution is -1.98. The van der Waals surface area contributed by atoms with E-state index >= 15 is 0 Å². The number of carbonyl (C=O) groups is 1. The Morgan fingerprint density at radius 2 is 2.27 bits per heavy atom. The van der Waals surface area contributed by atoms with Gasteiger partial charge in [0.25, 0.3) is 0 Å². The van der Waals surface area contributed by atoms with Gasteiger partial charge >= 0.3 is 5.97 Å². The van der Waals surface area contributed by atoms with Gasteiger partial charge in [-0.2, -0.15) is 0 Å². The Morgan fingerprint density at radius 3 is 2.87 bits per heavy atom. The van der Waals surface area contributed by atoms with Crippen LogP contribution in [0.3, 0.4) is 0 Å². The number of halogens is 1. The molecule has 1 aromatic carbocycles. The fraction of sp³-hybridized carbons (Fsp3) is 0.250. The van der Waals surface area contributed by atoms with Crippen LogP contribution in [0.2, 0.25) is 5.02 Å². The van der Waals surface area contributed by atoms with E-state index in [-0.39, 0.29) is 5.97 Å². The summed E-state index contributed by atoms with van der Waals surface area (Å²) in [6, 6.07) is 5.51. The second kappa shape index (κ2) is 5.56. The summed E-state index contributed by atoms with van der Waals surface area (Å²) in [6.07, 6.45) is 3.14. The maximum atomic E-state index is 11.1. The van der Waals surface area contributed by atoms with Crippen LogP contribution in [-0.2, 0) is 9.53 Å². The molecule has 0 saturated heterocycles. The molecule has 0 spiro atoms. The number of carbonyl (C=O) groups excluding carboxylic acids is 1. The molecule has 15 heavy (non-hydrogen) atoms. The van der Waals surface area contributed by atoms with E-state index in [9.17, 15) is 4.79 Å². The lowest BCUT2D eigenvalue weighted by atomic mass is 10.1. The Bertz CT molecular complexity index is 383. The highest BCUT2D eigenvalue weighted by molar-refractivity contribution is 6.30. The lowest BCUT2D eigenvalue weighted by molar-refractivity contribution is -0.137. The first kappa shape index (κ1) is 11.8. The van der Waals surface area contributed by atoms with Gasteiger partial charge in [-0.3, -0.25) is 0 Å². The van der Waals surface area contributed by atoms with Crippen molar-refractivity contribution >= 4 is 23.6 Å². The number of esters is 1. The highest BCUT2D eigenvalue weighted by Gasteiger charge is 1.97. The van der Waals surface area contributed by atoms with Crippen molar-refractivity contribution in [3.63, 3.8) is 0 Å². The Kier molecular flexibility index (Phi) is 4.37. The van der Waals surface area contributed by atoms with Gasteiger partial charge in [0.05, 0.1) is 6.61 Å². The van der Waals surface area contributed by atoms with E-state index in [2.05, 4.69) is 0 Å². The molecule has 0 saturated carbocycles. The van der Waals surface area contributed by atoms with Gasteiger partial charge in [-0.25, -0.2) is 4.79 Å². The normalized spacial score (nSPS) is 10.6. The summed E-state index contributed by atoms with van der Waals surface area (Å²) in [5, 5.41) is 0.695. The molecule has 2 nitrogen and oxygen atoms in total. The van der Waals surface area contributed by atoms with E-state index < -0.39 is 0 Å². The van der Waals surface area contributed by atoms with Gasteiger partial charge < -0.3 is 4.74 Å². The third kappa shape index (κ3) is 3.76. The van der Waals surface area contributed by atoms with Crippen molar-refractivity contribution in [3.8, 4) is 0 Å². The molecule has 1 aromatic rings. The summed E-state index contributed by atoms with van der Waals surface area (Å²) < 4.78 is 4.78. The Morgan fingerprint density at radius 1 is 1.53 bits per heavy atom. The first-order chi connectivity index (χ1) is 7.13. The van der Waals surface area contributed by atoms with Gasteiger partial charge in [0, 0.05) is 11.1 Å². The van der Waals surface area contributed by atoms with E-state index in [0.717, 1.165) is 11.1 Å². The minimum atomic E-state index is -0.327. The third-order valence-electron chi connectivity index (χ3n) is 1.92. The summed E-state index contributed by atoms with van der Waals surface area (Å²) in [5.74, 6) is -0.327. The standard InChI is InChI=1S/C12H13ClO2/c1-3-15-12(14)7-5-10-4-6-11(13)8-9(10)2/h4-8H,3H2,1-2H3/b7-5+. The second-order valence-electron chi connectivity index (χ2n) is 3.09. The van der Waals surface area contributed by atoms with Crippen LogP contribution in [0, 0.1) is 6.92 Å². The predicted octanol–water partition coefficient (Wildman–Crippen LogP) is 3.22. The Labute approximate surface area is 94.5 Å². The van der Waals surface area contributed by atoms with Crippen molar-refractivity contribution in [2.45, 2.75) is 13.8 Å². The SMILES string of the molecule is CCOC(=O)/C=C/c1ccc(Cl)cc1C. The number of hydrogen-bond donors (Lipinski definition) is 0. The molecule has 0 atom stereocenters. The molecule has 0 radical (unpaired) electrons. The molecule has 0 aliphatic carbocycles. The van der Waals surface area contributed by atoms with Gasteiger partial charge in [0.1, 0.15) is 0 Å². The lowest BCUT2D eigenvalue weighted by Gasteiger charge is -2.00. The highest BCUT2D eigenvalue weighted by atomic mass is 35.5. The van der Waals surface area contributed by atoms with Gasteiger partial charge in [0.2, 0.25) is 0 Å². The van der Waals surface area contributed by atoms with Crippen molar-refractivity contribution in [2.75, 3.05) is 6.61 Å². The van der Waals surface area contributed by atoms with E-state index in [0.29, 0.717) is 11.6 Å². The first-order valence-corrected chi connectivity index (χ1v) is 5.12. The fourth-order valence-corrected chi connectivity index (χ4v) is 1.40. The summed E-state index contributed by atoms with van der Waals surface area (Å²) in [7, 11) is 0. The van der Waals surface area contributed by atoms with Crippen molar-refractivity contribution in [1.29, 1.82) is 0 Å². The third-order valence-corrected chi connectivity index (χ3v) is 2.15. The Hall–Kier alpha value is -1.28. The summed E-state index contributed by atoms with van der Waals surface area (Å²) in [4.78, 5) is 11.1. The minimum absolute atomic E-state index is 0.327. The van der Waals surface area contributed by atoms with E-state index in [1.165, 1.54) is 6.08 Å². The van der Waals surface area contributed by atoms with Crippen LogP contribution >= 0.6 is 11.6 Å². The van der Waals surface area contributed by atoms with Gasteiger partial charge in [-0.1, -0.05) is 17.7 Å². The van der Waals surface area contributed by atoms with Gasteiger partial charge in [-0.15, -0.1) is 0 Å². The highest BCUT2D eigenvalue weighted by Crippen LogP contribution is 2.16. The van der Waals surface area contributed by atoms with Crippen molar-refractivity contribution in [1.82, 2.24) is 0 Å². The van der Waals surface area contributed by atoms with Crippen LogP contribution in [0.15, 0.2) is 24.3 Å². The summed E-state index contributed by atoms with van der Waals surface area (Å²) in [6.45, 7) is 4.11. The largest absolute Gasteiger partial charge is 0.463 e. The molecule has 0 amide bonds. The number of aryl methyl sites for hydroxylation is 1. The molecule has 0 heterocycles. The van der Waals surface area contributed by atoms with E-state index in [1.807, 2.05) is 19.1 Å². The van der Waals surface area contributed by atoms with E-state index in [1.54, 1.807) is 19.1 Å². The molecule has 80 valence electrons. The first-order valence-electron chi connectivity index (χ1n) is 4.74. The zero-order valence-corrected chi connectivity index (χ0v) is 9.54. The molecule has 0 N–H and O–H groups in total. The number of benzene rings is 1. The van der Waals surface area contributed by atoms with Crippen LogP contribution < -0.4 is 0 Å². The molecule has 3 heteroatoms. The number of ether oxygens (including phenoxy) is 1. The van der Waals surface area contributed by atoms with Crippen LogP contribution in [0.4, 0.5) is 0 Å². The Balaban J connectivity index is 2.76. The van der Waals surface area contributed by atoms with Gasteiger partial charge in [0.15, 0.2) is 0 Å². The molecule has 0 bridgehead atoms. The number of rotatable bonds is 3.